The number of carbonyl (C=O) groups is 3. The molecule has 0 saturated carbocycles. The van der Waals surface area contributed by atoms with Crippen molar-refractivity contribution in [3.63, 3.8) is 0 Å². The first kappa shape index (κ1) is 20.4. The minimum Gasteiger partial charge on any atom is -0.489 e. The highest BCUT2D eigenvalue weighted by Gasteiger charge is 2.37. The fourth-order valence-electron chi connectivity index (χ4n) is 3.48. The van der Waals surface area contributed by atoms with E-state index in [1.165, 1.54) is 12.0 Å². The molecule has 0 aliphatic carbocycles. The van der Waals surface area contributed by atoms with Crippen molar-refractivity contribution in [1.29, 1.82) is 0 Å². The Morgan fingerprint density at radius 1 is 1.21 bits per heavy atom. The van der Waals surface area contributed by atoms with Gasteiger partial charge in [0.2, 0.25) is 5.91 Å². The molecule has 0 radical (unpaired) electrons. The van der Waals surface area contributed by atoms with Crippen LogP contribution in [0.25, 0.3) is 0 Å². The number of nitrogens with zero attached hydrogens (tertiary/aromatic N) is 1. The van der Waals surface area contributed by atoms with Gasteiger partial charge in [-0.05, 0) is 31.0 Å². The quantitative estimate of drug-likeness (QED) is 0.691. The van der Waals surface area contributed by atoms with Crippen LogP contribution >= 0.6 is 0 Å². The third-order valence-corrected chi connectivity index (χ3v) is 4.98. The van der Waals surface area contributed by atoms with Gasteiger partial charge in [0.1, 0.15) is 18.4 Å². The van der Waals surface area contributed by atoms with E-state index in [1.807, 2.05) is 31.2 Å². The predicted molar refractivity (Wildman–Crippen MR) is 106 cm³/mol. The lowest BCUT2D eigenvalue weighted by atomic mass is 10.1. The molecule has 0 saturated heterocycles. The fraction of sp³-hybridized carbons (Fsp3) is 0.318. The topological polar surface area (TPSA) is 98.9 Å². The van der Waals surface area contributed by atoms with E-state index in [9.17, 15) is 14.4 Å². The number of rotatable bonds is 8. The Hall–Kier alpha value is -3.35. The van der Waals surface area contributed by atoms with Crippen molar-refractivity contribution in [3.8, 4) is 5.75 Å². The van der Waals surface area contributed by atoms with Gasteiger partial charge in [0.05, 0.1) is 13.7 Å². The van der Waals surface area contributed by atoms with Crippen LogP contribution in [0.3, 0.4) is 0 Å². The number of esters is 1. The van der Waals surface area contributed by atoms with Crippen LogP contribution in [0.1, 0.15) is 39.9 Å². The number of hydrogen-bond acceptors (Lipinski definition) is 5. The van der Waals surface area contributed by atoms with Gasteiger partial charge in [0, 0.05) is 17.5 Å². The smallest absolute Gasteiger partial charge is 0.305 e. The van der Waals surface area contributed by atoms with E-state index in [4.69, 9.17) is 10.5 Å². The fourth-order valence-corrected chi connectivity index (χ4v) is 3.48. The van der Waals surface area contributed by atoms with Crippen molar-refractivity contribution in [2.45, 2.75) is 39.0 Å². The van der Waals surface area contributed by atoms with Crippen LogP contribution in [-0.2, 0) is 27.5 Å². The molecule has 7 heteroatoms. The maximum absolute atomic E-state index is 12.9. The molecule has 2 aromatic carbocycles. The van der Waals surface area contributed by atoms with Gasteiger partial charge < -0.3 is 20.1 Å². The van der Waals surface area contributed by atoms with Crippen LogP contribution in [0.2, 0.25) is 0 Å². The molecule has 0 bridgehead atoms. The lowest BCUT2D eigenvalue weighted by Gasteiger charge is -2.24. The summed E-state index contributed by atoms with van der Waals surface area (Å²) in [5.74, 6) is -0.814. The molecule has 2 amide bonds. The van der Waals surface area contributed by atoms with Gasteiger partial charge >= 0.3 is 5.97 Å². The Balaban J connectivity index is 1.77. The zero-order valence-electron chi connectivity index (χ0n) is 16.5. The van der Waals surface area contributed by atoms with Crippen LogP contribution < -0.4 is 10.5 Å². The summed E-state index contributed by atoms with van der Waals surface area (Å²) in [4.78, 5) is 37.7. The van der Waals surface area contributed by atoms with Crippen LogP contribution in [0, 0.1) is 6.92 Å². The van der Waals surface area contributed by atoms with E-state index >= 15 is 0 Å². The molecule has 7 nitrogen and oxygen atoms in total. The normalized spacial score (nSPS) is 13.7. The highest BCUT2D eigenvalue weighted by Crippen LogP contribution is 2.33. The largest absolute Gasteiger partial charge is 0.489 e. The molecule has 152 valence electrons. The lowest BCUT2D eigenvalue weighted by molar-refractivity contribution is -0.141. The van der Waals surface area contributed by atoms with E-state index in [1.54, 1.807) is 18.2 Å². The van der Waals surface area contributed by atoms with Crippen molar-refractivity contribution in [2.24, 2.45) is 5.73 Å². The average Bonchev–Trinajstić information content (AvgIpc) is 3.03. The summed E-state index contributed by atoms with van der Waals surface area (Å²) in [6, 6.07) is 12.4. The number of ether oxygens (including phenoxy) is 2. The molecule has 0 aromatic heterocycles. The van der Waals surface area contributed by atoms with Gasteiger partial charge in [-0.1, -0.05) is 35.9 Å². The molecule has 1 aliphatic heterocycles. The third kappa shape index (κ3) is 4.56. The minimum atomic E-state index is -0.890. The number of aryl methyl sites for hydroxylation is 1. The summed E-state index contributed by atoms with van der Waals surface area (Å²) in [5.41, 5.74) is 8.88. The van der Waals surface area contributed by atoms with Crippen molar-refractivity contribution < 1.29 is 23.9 Å². The number of hydrogen-bond donors (Lipinski definition) is 1. The number of nitrogens with two attached hydrogens (primary N) is 1. The minimum absolute atomic E-state index is 0.000940. The molecular formula is C22H24N2O5. The van der Waals surface area contributed by atoms with Gasteiger partial charge in [-0.25, -0.2) is 0 Å². The number of fused-ring (bicyclic) bond motifs is 1. The van der Waals surface area contributed by atoms with Crippen LogP contribution in [-0.4, -0.2) is 35.8 Å². The molecular weight excluding hydrogens is 372 g/mol. The molecule has 3 rings (SSSR count). The Labute approximate surface area is 169 Å². The first-order valence-corrected chi connectivity index (χ1v) is 9.38. The Bertz CT molecular complexity index is 941. The highest BCUT2D eigenvalue weighted by molar-refractivity contribution is 6.01. The van der Waals surface area contributed by atoms with Gasteiger partial charge in [0.15, 0.2) is 0 Å². The summed E-state index contributed by atoms with van der Waals surface area (Å²) < 4.78 is 10.6. The molecule has 1 unspecified atom stereocenters. The van der Waals surface area contributed by atoms with Crippen molar-refractivity contribution >= 4 is 17.8 Å². The Morgan fingerprint density at radius 3 is 2.66 bits per heavy atom. The summed E-state index contributed by atoms with van der Waals surface area (Å²) in [5, 5.41) is 0. The Kier molecular flexibility index (Phi) is 6.16. The van der Waals surface area contributed by atoms with E-state index in [0.717, 1.165) is 16.7 Å². The van der Waals surface area contributed by atoms with E-state index in [2.05, 4.69) is 4.74 Å². The van der Waals surface area contributed by atoms with Crippen LogP contribution in [0.4, 0.5) is 0 Å². The van der Waals surface area contributed by atoms with Crippen molar-refractivity contribution in [3.05, 3.63) is 64.7 Å². The zero-order chi connectivity index (χ0) is 21.0. The molecule has 0 fully saturated rings. The number of benzene rings is 2. The second-order valence-corrected chi connectivity index (χ2v) is 7.03. The molecule has 29 heavy (non-hydrogen) atoms. The monoisotopic (exact) mass is 396 g/mol. The molecule has 1 heterocycles. The maximum atomic E-state index is 12.9. The molecule has 1 atom stereocenters. The summed E-state index contributed by atoms with van der Waals surface area (Å²) in [7, 11) is 1.27. The van der Waals surface area contributed by atoms with Crippen molar-refractivity contribution in [1.82, 2.24) is 4.90 Å². The first-order valence-electron chi connectivity index (χ1n) is 9.38. The Morgan fingerprint density at radius 2 is 1.97 bits per heavy atom. The van der Waals surface area contributed by atoms with E-state index in [-0.39, 0.29) is 25.3 Å². The van der Waals surface area contributed by atoms with Gasteiger partial charge in [-0.3, -0.25) is 14.4 Å². The first-order chi connectivity index (χ1) is 13.9. The zero-order valence-corrected chi connectivity index (χ0v) is 16.5. The molecule has 2 aromatic rings. The number of amides is 2. The predicted octanol–water partition coefficient (Wildman–Crippen LogP) is 2.34. The van der Waals surface area contributed by atoms with E-state index in [0.29, 0.717) is 17.9 Å². The van der Waals surface area contributed by atoms with Gasteiger partial charge in [-0.2, -0.15) is 0 Å². The highest BCUT2D eigenvalue weighted by atomic mass is 16.5. The maximum Gasteiger partial charge on any atom is 0.305 e. The van der Waals surface area contributed by atoms with Crippen LogP contribution in [0.5, 0.6) is 5.75 Å². The lowest BCUT2D eigenvalue weighted by Crippen LogP contribution is -2.45. The molecule has 0 spiro atoms. The van der Waals surface area contributed by atoms with Gasteiger partial charge in [0.25, 0.3) is 5.91 Å². The van der Waals surface area contributed by atoms with Gasteiger partial charge in [-0.15, -0.1) is 0 Å². The number of primary amides is 1. The number of carbonyl (C=O) groups excluding carboxylic acids is 3. The summed E-state index contributed by atoms with van der Waals surface area (Å²) in [6.45, 7) is 2.58. The van der Waals surface area contributed by atoms with Crippen molar-refractivity contribution in [2.75, 3.05) is 7.11 Å². The van der Waals surface area contributed by atoms with Crippen LogP contribution in [0.15, 0.2) is 42.5 Å². The van der Waals surface area contributed by atoms with E-state index < -0.39 is 17.9 Å². The second-order valence-electron chi connectivity index (χ2n) is 7.03. The SMILES string of the molecule is COC(=O)CCC(C(N)=O)N1Cc2c(OCc3cccc(C)c3)cccc2C1=O. The average molecular weight is 396 g/mol. The molecule has 1 aliphatic rings. The number of methoxy groups -OCH3 is 1. The summed E-state index contributed by atoms with van der Waals surface area (Å²) in [6.07, 6.45) is 0.113. The second kappa shape index (κ2) is 8.77. The standard InChI is InChI=1S/C22H24N2O5/c1-14-5-3-6-15(11-14)13-29-19-8-4-7-16-17(19)12-24(22(16)27)18(21(23)26)9-10-20(25)28-2/h3-8,11,18H,9-10,12-13H2,1-2H3,(H2,23,26). The third-order valence-electron chi connectivity index (χ3n) is 4.98. The molecule has 2 N–H and O–H groups in total. The summed E-state index contributed by atoms with van der Waals surface area (Å²) >= 11 is 0.